The fourth-order valence-corrected chi connectivity index (χ4v) is 2.05. The van der Waals surface area contributed by atoms with Gasteiger partial charge in [-0.15, -0.1) is 0 Å². The molecular formula is C12H12BrNO. The molecular weight excluding hydrogens is 254 g/mol. The summed E-state index contributed by atoms with van der Waals surface area (Å²) in [7, 11) is 0. The second-order valence-electron chi connectivity index (χ2n) is 3.34. The Morgan fingerprint density at radius 1 is 1.33 bits per heavy atom. The van der Waals surface area contributed by atoms with E-state index < -0.39 is 0 Å². The van der Waals surface area contributed by atoms with Crippen LogP contribution in [-0.4, -0.2) is 4.98 Å². The lowest BCUT2D eigenvalue weighted by molar-refractivity contribution is 0.480. The van der Waals surface area contributed by atoms with Gasteiger partial charge in [-0.1, -0.05) is 41.1 Å². The average molecular weight is 266 g/mol. The van der Waals surface area contributed by atoms with Crippen molar-refractivity contribution in [2.24, 2.45) is 0 Å². The molecule has 1 aromatic heterocycles. The number of hydrogen-bond acceptors (Lipinski definition) is 2. The lowest BCUT2D eigenvalue weighted by Gasteiger charge is -2.01. The molecule has 0 saturated carbocycles. The summed E-state index contributed by atoms with van der Waals surface area (Å²) >= 11 is 3.52. The molecule has 0 N–H and O–H groups in total. The number of rotatable bonds is 2. The number of oxazole rings is 1. The first-order valence-corrected chi connectivity index (χ1v) is 5.73. The van der Waals surface area contributed by atoms with Gasteiger partial charge in [0.05, 0.1) is 0 Å². The Morgan fingerprint density at radius 3 is 2.73 bits per heavy atom. The van der Waals surface area contributed by atoms with Crippen LogP contribution < -0.4 is 0 Å². The molecule has 1 aromatic carbocycles. The van der Waals surface area contributed by atoms with Crippen molar-refractivity contribution in [3.05, 3.63) is 40.4 Å². The minimum atomic E-state index is 0.720. The van der Waals surface area contributed by atoms with Crippen LogP contribution in [0.4, 0.5) is 0 Å². The Labute approximate surface area is 97.5 Å². The first-order valence-electron chi connectivity index (χ1n) is 4.93. The average Bonchev–Trinajstić information content (AvgIpc) is 2.60. The molecule has 0 aliphatic rings. The highest BCUT2D eigenvalue weighted by Crippen LogP contribution is 2.30. The summed E-state index contributed by atoms with van der Waals surface area (Å²) in [6.45, 7) is 3.94. The Balaban J connectivity index is 2.58. The van der Waals surface area contributed by atoms with Crippen molar-refractivity contribution >= 4 is 15.9 Å². The molecule has 0 fully saturated rings. The lowest BCUT2D eigenvalue weighted by atomic mass is 10.1. The normalized spacial score (nSPS) is 10.6. The molecule has 2 rings (SSSR count). The van der Waals surface area contributed by atoms with Crippen molar-refractivity contribution in [1.82, 2.24) is 4.98 Å². The smallest absolute Gasteiger partial charge is 0.191 e. The Kier molecular flexibility index (Phi) is 2.91. The number of halogens is 1. The van der Waals surface area contributed by atoms with Crippen LogP contribution in [0, 0.1) is 6.92 Å². The monoisotopic (exact) mass is 265 g/mol. The topological polar surface area (TPSA) is 26.0 Å². The van der Waals surface area contributed by atoms with E-state index in [1.807, 2.05) is 31.2 Å². The zero-order valence-electron chi connectivity index (χ0n) is 8.75. The van der Waals surface area contributed by atoms with Gasteiger partial charge in [-0.25, -0.2) is 4.98 Å². The van der Waals surface area contributed by atoms with Gasteiger partial charge < -0.3 is 4.42 Å². The van der Waals surface area contributed by atoms with Gasteiger partial charge in [-0.3, -0.25) is 0 Å². The maximum Gasteiger partial charge on any atom is 0.191 e. The molecule has 15 heavy (non-hydrogen) atoms. The predicted molar refractivity (Wildman–Crippen MR) is 63.8 cm³/mol. The molecule has 0 amide bonds. The number of aryl methyl sites for hydroxylation is 2. The first-order chi connectivity index (χ1) is 7.22. The second kappa shape index (κ2) is 4.19. The van der Waals surface area contributed by atoms with Crippen molar-refractivity contribution < 1.29 is 4.42 Å². The molecule has 0 aliphatic heterocycles. The number of aromatic nitrogens is 1. The molecule has 1 heterocycles. The van der Waals surface area contributed by atoms with Crippen LogP contribution in [0.3, 0.4) is 0 Å². The van der Waals surface area contributed by atoms with Gasteiger partial charge in [0.2, 0.25) is 0 Å². The Bertz CT molecular complexity index is 476. The molecule has 0 bridgehead atoms. The summed E-state index contributed by atoms with van der Waals surface area (Å²) in [5.74, 6) is 1.66. The summed E-state index contributed by atoms with van der Waals surface area (Å²) in [6, 6.07) is 8.05. The third-order valence-electron chi connectivity index (χ3n) is 2.25. The first kappa shape index (κ1) is 10.4. The van der Waals surface area contributed by atoms with Crippen LogP contribution in [0.15, 0.2) is 33.2 Å². The van der Waals surface area contributed by atoms with Crippen LogP contribution in [0.5, 0.6) is 0 Å². The van der Waals surface area contributed by atoms with Gasteiger partial charge in [0, 0.05) is 23.4 Å². The van der Waals surface area contributed by atoms with E-state index in [1.54, 1.807) is 0 Å². The van der Waals surface area contributed by atoms with Gasteiger partial charge in [0.15, 0.2) is 5.89 Å². The van der Waals surface area contributed by atoms with E-state index >= 15 is 0 Å². The zero-order chi connectivity index (χ0) is 10.8. The summed E-state index contributed by atoms with van der Waals surface area (Å²) in [5.41, 5.74) is 2.04. The molecule has 0 atom stereocenters. The highest BCUT2D eigenvalue weighted by atomic mass is 79.9. The minimum Gasteiger partial charge on any atom is -0.445 e. The lowest BCUT2D eigenvalue weighted by Crippen LogP contribution is -1.85. The molecule has 0 unspecified atom stereocenters. The fourth-order valence-electron chi connectivity index (χ4n) is 1.57. The number of benzene rings is 1. The van der Waals surface area contributed by atoms with Gasteiger partial charge >= 0.3 is 0 Å². The number of nitrogens with zero attached hydrogens (tertiary/aromatic N) is 1. The maximum atomic E-state index is 5.54. The molecule has 0 radical (unpaired) electrons. The van der Waals surface area contributed by atoms with Crippen molar-refractivity contribution in [2.75, 3.05) is 0 Å². The predicted octanol–water partition coefficient (Wildman–Crippen LogP) is 3.97. The van der Waals surface area contributed by atoms with E-state index in [0.717, 1.165) is 33.8 Å². The van der Waals surface area contributed by atoms with E-state index in [2.05, 4.69) is 27.8 Å². The van der Waals surface area contributed by atoms with E-state index in [4.69, 9.17) is 4.42 Å². The fraction of sp³-hybridized carbons (Fsp3) is 0.250. The Morgan fingerprint density at radius 2 is 2.07 bits per heavy atom. The standard InChI is InChI=1S/C12H12BrNO/c1-3-11-12(14-8(2)15-11)9-6-4-5-7-10(9)13/h4-7H,3H2,1-2H3. The van der Waals surface area contributed by atoms with E-state index in [1.165, 1.54) is 0 Å². The van der Waals surface area contributed by atoms with E-state index in [9.17, 15) is 0 Å². The van der Waals surface area contributed by atoms with Crippen molar-refractivity contribution in [1.29, 1.82) is 0 Å². The molecule has 2 aromatic rings. The van der Waals surface area contributed by atoms with Crippen molar-refractivity contribution in [3.8, 4) is 11.3 Å². The van der Waals surface area contributed by atoms with Crippen LogP contribution >= 0.6 is 15.9 Å². The molecule has 0 saturated heterocycles. The maximum absolute atomic E-state index is 5.54. The van der Waals surface area contributed by atoms with Gasteiger partial charge in [-0.05, 0) is 6.07 Å². The van der Waals surface area contributed by atoms with Crippen LogP contribution in [0.2, 0.25) is 0 Å². The summed E-state index contributed by atoms with van der Waals surface area (Å²) < 4.78 is 6.59. The van der Waals surface area contributed by atoms with E-state index in [0.29, 0.717) is 0 Å². The molecule has 78 valence electrons. The summed E-state index contributed by atoms with van der Waals surface area (Å²) in [6.07, 6.45) is 0.859. The van der Waals surface area contributed by atoms with Gasteiger partial charge in [0.25, 0.3) is 0 Å². The van der Waals surface area contributed by atoms with Crippen molar-refractivity contribution in [3.63, 3.8) is 0 Å². The summed E-state index contributed by atoms with van der Waals surface area (Å²) in [5, 5.41) is 0. The minimum absolute atomic E-state index is 0.720. The third-order valence-corrected chi connectivity index (χ3v) is 2.95. The molecule has 0 spiro atoms. The quantitative estimate of drug-likeness (QED) is 0.821. The SMILES string of the molecule is CCc1oc(C)nc1-c1ccccc1Br. The van der Waals surface area contributed by atoms with Crippen LogP contribution in [0.1, 0.15) is 18.6 Å². The molecule has 0 aliphatic carbocycles. The zero-order valence-corrected chi connectivity index (χ0v) is 10.3. The van der Waals surface area contributed by atoms with Crippen LogP contribution in [0.25, 0.3) is 11.3 Å². The molecule has 2 nitrogen and oxygen atoms in total. The third kappa shape index (κ3) is 1.97. The highest BCUT2D eigenvalue weighted by Gasteiger charge is 2.13. The number of hydrogen-bond donors (Lipinski definition) is 0. The van der Waals surface area contributed by atoms with Gasteiger partial charge in [0.1, 0.15) is 11.5 Å². The molecule has 3 heteroatoms. The highest BCUT2D eigenvalue weighted by molar-refractivity contribution is 9.10. The van der Waals surface area contributed by atoms with E-state index in [-0.39, 0.29) is 0 Å². The Hall–Kier alpha value is -1.09. The van der Waals surface area contributed by atoms with Gasteiger partial charge in [-0.2, -0.15) is 0 Å². The van der Waals surface area contributed by atoms with Crippen molar-refractivity contribution in [2.45, 2.75) is 20.3 Å². The summed E-state index contributed by atoms with van der Waals surface area (Å²) in [4.78, 5) is 4.42. The second-order valence-corrected chi connectivity index (χ2v) is 4.19. The van der Waals surface area contributed by atoms with Crippen LogP contribution in [-0.2, 0) is 6.42 Å². The largest absolute Gasteiger partial charge is 0.445 e.